The lowest BCUT2D eigenvalue weighted by molar-refractivity contribution is 0.102. The Labute approximate surface area is 165 Å². The lowest BCUT2D eigenvalue weighted by Gasteiger charge is -2.04. The normalized spacial score (nSPS) is 11.0. The molecule has 29 heavy (non-hydrogen) atoms. The van der Waals surface area contributed by atoms with Crippen LogP contribution in [0.2, 0.25) is 0 Å². The van der Waals surface area contributed by atoms with Crippen LogP contribution in [-0.2, 0) is 13.2 Å². The fraction of sp³-hybridized carbons (Fsp3) is 0.211. The van der Waals surface area contributed by atoms with Gasteiger partial charge in [0, 0.05) is 17.5 Å². The van der Waals surface area contributed by atoms with Gasteiger partial charge in [0.25, 0.3) is 5.91 Å². The molecular formula is C19H19FN8O. The Balaban J connectivity index is 1.40. The fourth-order valence-electron chi connectivity index (χ4n) is 2.91. The number of halogens is 1. The van der Waals surface area contributed by atoms with Crippen LogP contribution in [0.25, 0.3) is 0 Å². The average Bonchev–Trinajstić information content (AvgIpc) is 3.39. The van der Waals surface area contributed by atoms with Crippen molar-refractivity contribution >= 4 is 11.9 Å². The highest BCUT2D eigenvalue weighted by molar-refractivity contribution is 6.01. The molecule has 1 aromatic carbocycles. The molecule has 0 aliphatic heterocycles. The van der Waals surface area contributed by atoms with Gasteiger partial charge in [-0.1, -0.05) is 18.2 Å². The van der Waals surface area contributed by atoms with Gasteiger partial charge in [0.2, 0.25) is 5.95 Å². The highest BCUT2D eigenvalue weighted by Gasteiger charge is 2.13. The summed E-state index contributed by atoms with van der Waals surface area (Å²) < 4.78 is 18.6. The zero-order valence-electron chi connectivity index (χ0n) is 15.9. The third-order valence-electron chi connectivity index (χ3n) is 4.31. The number of carbonyl (C=O) groups excluding carboxylic acids is 1. The number of hydrogen-bond donors (Lipinski definition) is 1. The quantitative estimate of drug-likeness (QED) is 0.541. The topological polar surface area (TPSA) is 95.5 Å². The van der Waals surface area contributed by atoms with E-state index in [4.69, 9.17) is 0 Å². The van der Waals surface area contributed by atoms with Crippen LogP contribution in [0.5, 0.6) is 0 Å². The first kappa shape index (κ1) is 18.5. The summed E-state index contributed by atoms with van der Waals surface area (Å²) in [6.07, 6.45) is 3.14. The van der Waals surface area contributed by atoms with E-state index < -0.39 is 5.91 Å². The largest absolute Gasteiger partial charge is 0.288 e. The standard InChI is InChI=1S/C19H19FN8O/c1-13-9-14(2)28(23-13)12-26-8-7-17(24-26)18(29)22-19-21-11-27(25-19)10-15-5-3-4-6-16(15)20/h3-9,11H,10,12H2,1-2H3,(H,22,25,29). The van der Waals surface area contributed by atoms with Gasteiger partial charge in [-0.05, 0) is 32.0 Å². The summed E-state index contributed by atoms with van der Waals surface area (Å²) in [6.45, 7) is 4.50. The molecule has 148 valence electrons. The molecule has 1 N–H and O–H groups in total. The van der Waals surface area contributed by atoms with Crippen molar-refractivity contribution in [3.63, 3.8) is 0 Å². The first-order valence-corrected chi connectivity index (χ1v) is 8.96. The third kappa shape index (κ3) is 4.21. The number of amides is 1. The predicted octanol–water partition coefficient (Wildman–Crippen LogP) is 2.23. The fourth-order valence-corrected chi connectivity index (χ4v) is 2.91. The maximum Gasteiger partial charge on any atom is 0.278 e. The van der Waals surface area contributed by atoms with E-state index in [0.29, 0.717) is 12.2 Å². The number of aromatic nitrogens is 7. The Morgan fingerprint density at radius 3 is 2.69 bits per heavy atom. The van der Waals surface area contributed by atoms with E-state index in [-0.39, 0.29) is 24.0 Å². The van der Waals surface area contributed by atoms with E-state index in [0.717, 1.165) is 11.4 Å². The Morgan fingerprint density at radius 2 is 1.93 bits per heavy atom. The second-order valence-electron chi connectivity index (χ2n) is 6.62. The van der Waals surface area contributed by atoms with Crippen molar-refractivity contribution in [2.45, 2.75) is 27.1 Å². The number of aryl methyl sites for hydroxylation is 2. The van der Waals surface area contributed by atoms with Gasteiger partial charge >= 0.3 is 0 Å². The van der Waals surface area contributed by atoms with Gasteiger partial charge in [0.1, 0.15) is 18.8 Å². The van der Waals surface area contributed by atoms with Crippen LogP contribution in [-0.4, -0.2) is 40.2 Å². The Morgan fingerprint density at radius 1 is 1.10 bits per heavy atom. The molecule has 0 radical (unpaired) electrons. The molecule has 0 fully saturated rings. The van der Waals surface area contributed by atoms with Crippen molar-refractivity contribution in [2.75, 3.05) is 5.32 Å². The number of rotatable bonds is 6. The van der Waals surface area contributed by atoms with E-state index in [1.54, 1.807) is 39.8 Å². The van der Waals surface area contributed by atoms with E-state index in [1.807, 2.05) is 19.9 Å². The molecule has 10 heteroatoms. The van der Waals surface area contributed by atoms with Crippen LogP contribution in [0.1, 0.15) is 27.4 Å². The molecule has 4 aromatic rings. The van der Waals surface area contributed by atoms with Gasteiger partial charge < -0.3 is 0 Å². The van der Waals surface area contributed by atoms with Crippen LogP contribution < -0.4 is 5.32 Å². The van der Waals surface area contributed by atoms with Crippen molar-refractivity contribution in [1.82, 2.24) is 34.3 Å². The number of nitrogens with zero attached hydrogens (tertiary/aromatic N) is 7. The van der Waals surface area contributed by atoms with Gasteiger partial charge in [-0.25, -0.2) is 18.7 Å². The van der Waals surface area contributed by atoms with Gasteiger partial charge in [-0.15, -0.1) is 5.10 Å². The van der Waals surface area contributed by atoms with E-state index >= 15 is 0 Å². The molecule has 0 atom stereocenters. The molecule has 9 nitrogen and oxygen atoms in total. The Bertz CT molecular complexity index is 1160. The molecule has 0 bridgehead atoms. The van der Waals surface area contributed by atoms with E-state index in [2.05, 4.69) is 25.6 Å². The molecule has 3 heterocycles. The van der Waals surface area contributed by atoms with Crippen LogP contribution in [0.3, 0.4) is 0 Å². The van der Waals surface area contributed by atoms with Crippen molar-refractivity contribution in [3.05, 3.63) is 77.4 Å². The highest BCUT2D eigenvalue weighted by atomic mass is 19.1. The highest BCUT2D eigenvalue weighted by Crippen LogP contribution is 2.09. The number of benzene rings is 1. The molecule has 0 unspecified atom stereocenters. The van der Waals surface area contributed by atoms with Gasteiger partial charge in [-0.3, -0.25) is 14.8 Å². The second-order valence-corrected chi connectivity index (χ2v) is 6.62. The molecule has 3 aromatic heterocycles. The minimum Gasteiger partial charge on any atom is -0.288 e. The predicted molar refractivity (Wildman–Crippen MR) is 103 cm³/mol. The molecule has 1 amide bonds. The minimum atomic E-state index is -0.430. The lowest BCUT2D eigenvalue weighted by atomic mass is 10.2. The summed E-state index contributed by atoms with van der Waals surface area (Å²) in [7, 11) is 0. The van der Waals surface area contributed by atoms with Crippen molar-refractivity contribution < 1.29 is 9.18 Å². The summed E-state index contributed by atoms with van der Waals surface area (Å²) in [5.74, 6) is -0.623. The average molecular weight is 394 g/mol. The summed E-state index contributed by atoms with van der Waals surface area (Å²) in [5, 5.41) is 15.4. The van der Waals surface area contributed by atoms with Crippen molar-refractivity contribution in [1.29, 1.82) is 0 Å². The summed E-state index contributed by atoms with van der Waals surface area (Å²) in [6, 6.07) is 10.0. The number of nitrogens with one attached hydrogen (secondary N) is 1. The molecule has 0 spiro atoms. The summed E-state index contributed by atoms with van der Waals surface area (Å²) in [4.78, 5) is 16.5. The second kappa shape index (κ2) is 7.66. The lowest BCUT2D eigenvalue weighted by Crippen LogP contribution is -2.16. The maximum atomic E-state index is 13.8. The third-order valence-corrected chi connectivity index (χ3v) is 4.31. The Hall–Kier alpha value is -3.82. The molecule has 0 saturated carbocycles. The number of anilines is 1. The minimum absolute atomic E-state index is 0.124. The van der Waals surface area contributed by atoms with Crippen LogP contribution in [0, 0.1) is 19.7 Å². The molecule has 0 aliphatic rings. The smallest absolute Gasteiger partial charge is 0.278 e. The molecule has 0 saturated heterocycles. The van der Waals surface area contributed by atoms with E-state index in [1.165, 1.54) is 17.1 Å². The SMILES string of the molecule is Cc1cc(C)n(Cn2ccc(C(=O)Nc3ncn(Cc4ccccc4F)n3)n2)n1. The van der Waals surface area contributed by atoms with Crippen LogP contribution in [0.15, 0.2) is 48.9 Å². The number of hydrogen-bond acceptors (Lipinski definition) is 5. The molecular weight excluding hydrogens is 375 g/mol. The van der Waals surface area contributed by atoms with Gasteiger partial charge in [0.05, 0.1) is 12.2 Å². The van der Waals surface area contributed by atoms with Crippen molar-refractivity contribution in [3.8, 4) is 0 Å². The number of carbonyl (C=O) groups is 1. The maximum absolute atomic E-state index is 13.8. The zero-order chi connectivity index (χ0) is 20.4. The van der Waals surface area contributed by atoms with Crippen molar-refractivity contribution in [2.24, 2.45) is 0 Å². The van der Waals surface area contributed by atoms with Gasteiger partial charge in [-0.2, -0.15) is 10.2 Å². The monoisotopic (exact) mass is 394 g/mol. The van der Waals surface area contributed by atoms with E-state index in [9.17, 15) is 9.18 Å². The zero-order valence-corrected chi connectivity index (χ0v) is 15.9. The van der Waals surface area contributed by atoms with Crippen LogP contribution in [0.4, 0.5) is 10.3 Å². The first-order valence-electron chi connectivity index (χ1n) is 8.96. The molecule has 0 aliphatic carbocycles. The first-order chi connectivity index (χ1) is 14.0. The summed E-state index contributed by atoms with van der Waals surface area (Å²) >= 11 is 0. The van der Waals surface area contributed by atoms with Crippen LogP contribution >= 0.6 is 0 Å². The Kier molecular flexibility index (Phi) is 4.90. The molecule has 4 rings (SSSR count). The summed E-state index contributed by atoms with van der Waals surface area (Å²) in [5.41, 5.74) is 2.65. The van der Waals surface area contributed by atoms with Gasteiger partial charge in [0.15, 0.2) is 5.69 Å².